The van der Waals surface area contributed by atoms with Crippen molar-refractivity contribution < 1.29 is 24.6 Å². The summed E-state index contributed by atoms with van der Waals surface area (Å²) >= 11 is 1.70. The first-order valence-corrected chi connectivity index (χ1v) is 12.5. The van der Waals surface area contributed by atoms with E-state index in [-0.39, 0.29) is 31.1 Å². The Morgan fingerprint density at radius 3 is 2.53 bits per heavy atom. The minimum atomic E-state index is -0.960. The molecule has 1 aromatic heterocycles. The summed E-state index contributed by atoms with van der Waals surface area (Å²) in [5.74, 6) is -2.08. The Bertz CT molecular complexity index is 987. The number of aliphatic carboxylic acids is 2. The van der Waals surface area contributed by atoms with Crippen molar-refractivity contribution in [1.29, 1.82) is 0 Å². The van der Waals surface area contributed by atoms with Crippen molar-refractivity contribution in [1.82, 2.24) is 10.2 Å². The van der Waals surface area contributed by atoms with E-state index in [1.54, 1.807) is 16.2 Å². The summed E-state index contributed by atoms with van der Waals surface area (Å²) in [5.41, 5.74) is 3.02. The quantitative estimate of drug-likeness (QED) is 0.412. The van der Waals surface area contributed by atoms with Crippen molar-refractivity contribution in [3.8, 4) is 10.4 Å². The number of carbonyl (C=O) groups is 3. The van der Waals surface area contributed by atoms with Gasteiger partial charge < -0.3 is 20.4 Å². The van der Waals surface area contributed by atoms with Crippen molar-refractivity contribution in [3.63, 3.8) is 0 Å². The molecule has 0 saturated carbocycles. The SMILES string of the molecule is C=C(CCc1ccc(-c2cccs2)cc1)N[C@@H](CCC(=O)O)C(=O)N1CCCC(CC(=O)O)C1. The molecule has 1 unspecified atom stereocenters. The van der Waals surface area contributed by atoms with Crippen LogP contribution in [0.4, 0.5) is 0 Å². The van der Waals surface area contributed by atoms with Crippen LogP contribution in [0.5, 0.6) is 0 Å². The molecule has 0 radical (unpaired) electrons. The molecule has 2 aromatic rings. The topological polar surface area (TPSA) is 107 Å². The fourth-order valence-electron chi connectivity index (χ4n) is 4.32. The highest BCUT2D eigenvalue weighted by atomic mass is 32.1. The van der Waals surface area contributed by atoms with E-state index in [2.05, 4.69) is 47.6 Å². The molecule has 3 rings (SSSR count). The second-order valence-electron chi connectivity index (χ2n) is 8.80. The van der Waals surface area contributed by atoms with E-state index in [9.17, 15) is 14.4 Å². The van der Waals surface area contributed by atoms with Gasteiger partial charge in [-0.25, -0.2) is 0 Å². The number of rotatable bonds is 12. The number of carboxylic acid groups (broad SMARTS) is 2. The van der Waals surface area contributed by atoms with Crippen LogP contribution in [0.25, 0.3) is 10.4 Å². The van der Waals surface area contributed by atoms with E-state index < -0.39 is 18.0 Å². The molecule has 1 aromatic carbocycles. The summed E-state index contributed by atoms with van der Waals surface area (Å²) in [6.07, 6.45) is 2.96. The Labute approximate surface area is 204 Å². The van der Waals surface area contributed by atoms with Gasteiger partial charge in [0, 0.05) is 36.5 Å². The first kappa shape index (κ1) is 25.5. The van der Waals surface area contributed by atoms with Gasteiger partial charge in [-0.1, -0.05) is 36.9 Å². The molecule has 7 nitrogen and oxygen atoms in total. The van der Waals surface area contributed by atoms with Gasteiger partial charge in [-0.05, 0) is 60.6 Å². The number of nitrogens with one attached hydrogen (secondary N) is 1. The Hall–Kier alpha value is -3.13. The molecule has 0 bridgehead atoms. The summed E-state index contributed by atoms with van der Waals surface area (Å²) in [7, 11) is 0. The Balaban J connectivity index is 1.56. The Kier molecular flexibility index (Phi) is 9.27. The van der Waals surface area contributed by atoms with Gasteiger partial charge in [0.25, 0.3) is 0 Å². The Morgan fingerprint density at radius 1 is 1.12 bits per heavy atom. The average molecular weight is 485 g/mol. The third-order valence-electron chi connectivity index (χ3n) is 6.09. The van der Waals surface area contributed by atoms with Crippen LogP contribution < -0.4 is 5.32 Å². The van der Waals surface area contributed by atoms with E-state index in [4.69, 9.17) is 10.2 Å². The highest BCUT2D eigenvalue weighted by molar-refractivity contribution is 7.13. The van der Waals surface area contributed by atoms with E-state index in [1.807, 2.05) is 6.07 Å². The summed E-state index contributed by atoms with van der Waals surface area (Å²) < 4.78 is 0. The van der Waals surface area contributed by atoms with Crippen molar-refractivity contribution >= 4 is 29.2 Å². The summed E-state index contributed by atoms with van der Waals surface area (Å²) in [5, 5.41) is 23.4. The van der Waals surface area contributed by atoms with Crippen LogP contribution in [-0.4, -0.2) is 52.1 Å². The van der Waals surface area contributed by atoms with Gasteiger partial charge in [0.2, 0.25) is 5.91 Å². The number of allylic oxidation sites excluding steroid dienone is 1. The molecule has 2 heterocycles. The van der Waals surface area contributed by atoms with Crippen LogP contribution in [0.1, 0.15) is 44.1 Å². The maximum Gasteiger partial charge on any atom is 0.303 e. The average Bonchev–Trinajstić information content (AvgIpc) is 3.35. The summed E-state index contributed by atoms with van der Waals surface area (Å²) in [6, 6.07) is 11.8. The van der Waals surface area contributed by atoms with Gasteiger partial charge in [0.05, 0.1) is 0 Å². The molecule has 3 N–H and O–H groups in total. The first-order chi connectivity index (χ1) is 16.3. The van der Waals surface area contributed by atoms with Gasteiger partial charge in [-0.3, -0.25) is 14.4 Å². The van der Waals surface area contributed by atoms with Crippen molar-refractivity contribution in [2.45, 2.75) is 51.0 Å². The minimum absolute atomic E-state index is 0.0367. The largest absolute Gasteiger partial charge is 0.481 e. The monoisotopic (exact) mass is 484 g/mol. The van der Waals surface area contributed by atoms with E-state index in [0.29, 0.717) is 25.2 Å². The van der Waals surface area contributed by atoms with Crippen LogP contribution in [-0.2, 0) is 20.8 Å². The molecule has 0 spiro atoms. The predicted molar refractivity (Wildman–Crippen MR) is 133 cm³/mol. The molecule has 1 fully saturated rings. The third kappa shape index (κ3) is 7.73. The van der Waals surface area contributed by atoms with Gasteiger partial charge in [-0.15, -0.1) is 11.3 Å². The number of hydrogen-bond acceptors (Lipinski definition) is 5. The fourth-order valence-corrected chi connectivity index (χ4v) is 5.05. The number of nitrogens with zero attached hydrogens (tertiary/aromatic N) is 1. The zero-order valence-corrected chi connectivity index (χ0v) is 20.1. The van der Waals surface area contributed by atoms with Crippen molar-refractivity contribution in [2.75, 3.05) is 13.1 Å². The zero-order chi connectivity index (χ0) is 24.5. The van der Waals surface area contributed by atoms with E-state index in [0.717, 1.165) is 24.8 Å². The van der Waals surface area contributed by atoms with E-state index in [1.165, 1.54) is 10.4 Å². The smallest absolute Gasteiger partial charge is 0.303 e. The Morgan fingerprint density at radius 2 is 1.88 bits per heavy atom. The molecular weight excluding hydrogens is 452 g/mol. The first-order valence-electron chi connectivity index (χ1n) is 11.6. The molecule has 1 aliphatic heterocycles. The van der Waals surface area contributed by atoms with Crippen molar-refractivity contribution in [3.05, 3.63) is 59.6 Å². The summed E-state index contributed by atoms with van der Waals surface area (Å²) in [4.78, 5) is 38.3. The van der Waals surface area contributed by atoms with E-state index >= 15 is 0 Å². The lowest BCUT2D eigenvalue weighted by Gasteiger charge is -2.35. The number of benzene rings is 1. The second-order valence-corrected chi connectivity index (χ2v) is 9.75. The number of aryl methyl sites for hydroxylation is 1. The molecule has 0 aliphatic carbocycles. The maximum atomic E-state index is 13.2. The second kappa shape index (κ2) is 12.4. The van der Waals surface area contributed by atoms with Crippen molar-refractivity contribution in [2.24, 2.45) is 5.92 Å². The number of hydrogen-bond donors (Lipinski definition) is 3. The third-order valence-corrected chi connectivity index (χ3v) is 7.01. The highest BCUT2D eigenvalue weighted by Gasteiger charge is 2.30. The number of carboxylic acids is 2. The minimum Gasteiger partial charge on any atom is -0.481 e. The zero-order valence-electron chi connectivity index (χ0n) is 19.2. The number of piperidine rings is 1. The van der Waals surface area contributed by atoms with Crippen LogP contribution in [0, 0.1) is 5.92 Å². The molecular formula is C26H32N2O5S. The lowest BCUT2D eigenvalue weighted by Crippen LogP contribution is -2.50. The standard InChI is InChI=1S/C26H32N2O5S/c1-18(6-7-19-8-10-21(11-9-19)23-5-3-15-34-23)27-22(12-13-24(29)30)26(33)28-14-2-4-20(17-28)16-25(31)32/h3,5,8-11,15,20,22,27H,1-2,4,6-7,12-14,16-17H2,(H,29,30)(H,31,32)/t20?,22-/m0/s1. The molecule has 182 valence electrons. The predicted octanol–water partition coefficient (Wildman–Crippen LogP) is 4.40. The normalized spacial score (nSPS) is 16.6. The maximum absolute atomic E-state index is 13.2. The lowest BCUT2D eigenvalue weighted by atomic mass is 9.94. The van der Waals surface area contributed by atoms with Gasteiger partial charge in [0.15, 0.2) is 0 Å². The van der Waals surface area contributed by atoms with Crippen LogP contribution in [0.3, 0.4) is 0 Å². The fraction of sp³-hybridized carbons (Fsp3) is 0.423. The van der Waals surface area contributed by atoms with Crippen LogP contribution in [0.2, 0.25) is 0 Å². The highest BCUT2D eigenvalue weighted by Crippen LogP contribution is 2.25. The molecule has 2 atom stereocenters. The number of likely N-dealkylation sites (tertiary alicyclic amines) is 1. The van der Waals surface area contributed by atoms with Crippen LogP contribution in [0.15, 0.2) is 54.1 Å². The lowest BCUT2D eigenvalue weighted by molar-refractivity contribution is -0.142. The number of amides is 1. The van der Waals surface area contributed by atoms with Gasteiger partial charge in [0.1, 0.15) is 6.04 Å². The van der Waals surface area contributed by atoms with Gasteiger partial charge >= 0.3 is 11.9 Å². The molecule has 1 aliphatic rings. The molecule has 1 amide bonds. The number of thiophene rings is 1. The van der Waals surface area contributed by atoms with Crippen LogP contribution >= 0.6 is 11.3 Å². The number of carbonyl (C=O) groups excluding carboxylic acids is 1. The molecule has 1 saturated heterocycles. The van der Waals surface area contributed by atoms with Gasteiger partial charge in [-0.2, -0.15) is 0 Å². The summed E-state index contributed by atoms with van der Waals surface area (Å²) in [6.45, 7) is 5.02. The molecule has 8 heteroatoms. The molecule has 34 heavy (non-hydrogen) atoms.